The van der Waals surface area contributed by atoms with Gasteiger partial charge < -0.3 is 19.5 Å². The van der Waals surface area contributed by atoms with Gasteiger partial charge in [0.2, 0.25) is 0 Å². The predicted octanol–water partition coefficient (Wildman–Crippen LogP) is 5.28. The molecule has 0 unspecified atom stereocenters. The SMILES string of the molecule is C=CCCCN(CCOC)S(=O)(=O)NC(=O)c1ccc2c(c1)N(C[C@@H]1CC[C@H]1[C@@H](O)C=C)C[C@@]1(CCCc3cc(Cl)ccc31)CO2. The third-order valence-electron chi connectivity index (χ3n) is 9.83. The van der Waals surface area contributed by atoms with Crippen molar-refractivity contribution >= 4 is 33.4 Å². The summed E-state index contributed by atoms with van der Waals surface area (Å²) in [6.45, 7) is 9.84. The maximum atomic E-state index is 13.5. The number of allylic oxidation sites excluding steroid dienone is 1. The number of rotatable bonds is 14. The van der Waals surface area contributed by atoms with Gasteiger partial charge in [0, 0.05) is 49.3 Å². The van der Waals surface area contributed by atoms with Gasteiger partial charge in [-0.25, -0.2) is 4.72 Å². The van der Waals surface area contributed by atoms with Crippen LogP contribution < -0.4 is 14.4 Å². The second-order valence-corrected chi connectivity index (χ2v) is 14.9. The van der Waals surface area contributed by atoms with Crippen molar-refractivity contribution in [3.8, 4) is 5.75 Å². The van der Waals surface area contributed by atoms with Crippen LogP contribution in [-0.2, 0) is 26.8 Å². The minimum Gasteiger partial charge on any atom is -0.490 e. The first-order chi connectivity index (χ1) is 22.1. The van der Waals surface area contributed by atoms with Crippen molar-refractivity contribution in [1.29, 1.82) is 0 Å². The van der Waals surface area contributed by atoms with Crippen molar-refractivity contribution < 1.29 is 27.8 Å². The summed E-state index contributed by atoms with van der Waals surface area (Å²) in [5, 5.41) is 11.3. The number of hydrogen-bond acceptors (Lipinski definition) is 7. The van der Waals surface area contributed by atoms with E-state index in [9.17, 15) is 18.3 Å². The number of anilines is 1. The van der Waals surface area contributed by atoms with E-state index >= 15 is 0 Å². The lowest BCUT2D eigenvalue weighted by Gasteiger charge is -2.45. The van der Waals surface area contributed by atoms with Crippen LogP contribution in [-0.4, -0.2) is 76.3 Å². The number of benzene rings is 2. The zero-order valence-corrected chi connectivity index (χ0v) is 28.2. The number of nitrogens with one attached hydrogen (secondary N) is 1. The maximum Gasteiger partial charge on any atom is 0.304 e. The number of amides is 1. The van der Waals surface area contributed by atoms with Crippen molar-refractivity contribution in [1.82, 2.24) is 9.03 Å². The first kappa shape index (κ1) is 34.4. The molecule has 46 heavy (non-hydrogen) atoms. The van der Waals surface area contributed by atoms with Crippen LogP contribution in [0, 0.1) is 11.8 Å². The molecule has 0 radical (unpaired) electrons. The summed E-state index contributed by atoms with van der Waals surface area (Å²) in [6, 6.07) is 11.2. The molecule has 250 valence electrons. The van der Waals surface area contributed by atoms with E-state index in [-0.39, 0.29) is 42.5 Å². The molecule has 11 heteroatoms. The quantitative estimate of drug-likeness (QED) is 0.208. The van der Waals surface area contributed by atoms with Gasteiger partial charge in [0.05, 0.1) is 25.0 Å². The molecule has 2 aromatic rings. The topological polar surface area (TPSA) is 108 Å². The minimum atomic E-state index is -4.13. The summed E-state index contributed by atoms with van der Waals surface area (Å²) >= 11 is 6.39. The number of unbranched alkanes of at least 4 members (excludes halogenated alkanes) is 1. The number of fused-ring (bicyclic) bond motifs is 3. The lowest BCUT2D eigenvalue weighted by atomic mass is 9.68. The molecule has 1 saturated carbocycles. The fourth-order valence-electron chi connectivity index (χ4n) is 7.18. The summed E-state index contributed by atoms with van der Waals surface area (Å²) in [5.41, 5.74) is 3.12. The van der Waals surface area contributed by atoms with E-state index in [2.05, 4.69) is 34.9 Å². The van der Waals surface area contributed by atoms with Gasteiger partial charge in [-0.15, -0.1) is 13.2 Å². The molecule has 5 rings (SSSR count). The first-order valence-electron chi connectivity index (χ1n) is 16.1. The summed E-state index contributed by atoms with van der Waals surface area (Å²) in [5.74, 6) is 0.263. The largest absolute Gasteiger partial charge is 0.490 e. The molecule has 2 aromatic carbocycles. The Bertz CT molecular complexity index is 1530. The third kappa shape index (κ3) is 7.47. The Kier molecular flexibility index (Phi) is 11.2. The van der Waals surface area contributed by atoms with E-state index < -0.39 is 22.2 Å². The van der Waals surface area contributed by atoms with Crippen LogP contribution in [0.15, 0.2) is 61.7 Å². The molecule has 0 bridgehead atoms. The number of ether oxygens (including phenoxy) is 2. The van der Waals surface area contributed by atoms with Crippen LogP contribution in [0.2, 0.25) is 5.02 Å². The molecule has 2 N–H and O–H groups in total. The van der Waals surface area contributed by atoms with Gasteiger partial charge >= 0.3 is 10.2 Å². The zero-order chi connectivity index (χ0) is 32.9. The second-order valence-electron chi connectivity index (χ2n) is 12.8. The molecule has 1 heterocycles. The van der Waals surface area contributed by atoms with Crippen LogP contribution in [0.1, 0.15) is 60.0 Å². The van der Waals surface area contributed by atoms with Crippen molar-refractivity contribution in [3.05, 3.63) is 83.4 Å². The molecule has 1 fully saturated rings. The van der Waals surface area contributed by atoms with Crippen molar-refractivity contribution in [2.24, 2.45) is 11.8 Å². The number of nitrogens with zero attached hydrogens (tertiary/aromatic N) is 2. The Hall–Kier alpha value is -2.89. The number of aliphatic hydroxyl groups excluding tert-OH is 1. The Morgan fingerprint density at radius 1 is 1.26 bits per heavy atom. The highest BCUT2D eigenvalue weighted by atomic mass is 35.5. The Labute approximate surface area is 278 Å². The molecule has 4 atom stereocenters. The van der Waals surface area contributed by atoms with Crippen molar-refractivity contribution in [2.75, 3.05) is 51.4 Å². The number of carbonyl (C=O) groups is 1. The number of halogens is 1. The maximum absolute atomic E-state index is 13.5. The van der Waals surface area contributed by atoms with Gasteiger partial charge in [0.1, 0.15) is 5.75 Å². The van der Waals surface area contributed by atoms with Crippen LogP contribution >= 0.6 is 11.6 Å². The monoisotopic (exact) mass is 671 g/mol. The van der Waals surface area contributed by atoms with E-state index in [4.69, 9.17) is 21.1 Å². The summed E-state index contributed by atoms with van der Waals surface area (Å²) in [4.78, 5) is 15.8. The summed E-state index contributed by atoms with van der Waals surface area (Å²) < 4.78 is 41.8. The van der Waals surface area contributed by atoms with Gasteiger partial charge in [-0.3, -0.25) is 4.79 Å². The lowest BCUT2D eigenvalue weighted by Crippen LogP contribution is -2.49. The fourth-order valence-corrected chi connectivity index (χ4v) is 8.54. The molecule has 2 aliphatic carbocycles. The molecule has 1 aliphatic heterocycles. The van der Waals surface area contributed by atoms with E-state index in [1.807, 2.05) is 6.07 Å². The Morgan fingerprint density at radius 3 is 2.80 bits per heavy atom. The molecule has 0 aromatic heterocycles. The van der Waals surface area contributed by atoms with Gasteiger partial charge in [0.25, 0.3) is 5.91 Å². The van der Waals surface area contributed by atoms with Gasteiger partial charge in [-0.2, -0.15) is 12.7 Å². The highest BCUT2D eigenvalue weighted by Crippen LogP contribution is 2.46. The predicted molar refractivity (Wildman–Crippen MR) is 182 cm³/mol. The van der Waals surface area contributed by atoms with E-state index in [1.54, 1.807) is 30.4 Å². The normalized spacial score (nSPS) is 23.0. The first-order valence-corrected chi connectivity index (χ1v) is 18.0. The van der Waals surface area contributed by atoms with Crippen LogP contribution in [0.5, 0.6) is 5.75 Å². The Morgan fingerprint density at radius 2 is 2.09 bits per heavy atom. The van der Waals surface area contributed by atoms with Crippen molar-refractivity contribution in [3.63, 3.8) is 0 Å². The van der Waals surface area contributed by atoms with E-state index in [0.29, 0.717) is 43.3 Å². The molecule has 0 saturated heterocycles. The summed E-state index contributed by atoms with van der Waals surface area (Å²) in [6.07, 6.45) is 8.78. The molecule has 1 spiro atoms. The molecular formula is C35H46ClN3O6S. The minimum absolute atomic E-state index is 0.106. The number of methoxy groups -OCH3 is 1. The van der Waals surface area contributed by atoms with E-state index in [1.165, 1.54) is 22.5 Å². The fraction of sp³-hybridized carbons (Fsp3) is 0.514. The number of carbonyl (C=O) groups excluding carboxylic acids is 1. The highest BCUT2D eigenvalue weighted by Gasteiger charge is 2.44. The van der Waals surface area contributed by atoms with Gasteiger partial charge in [-0.1, -0.05) is 29.8 Å². The molecular weight excluding hydrogens is 626 g/mol. The molecule has 9 nitrogen and oxygen atoms in total. The smallest absolute Gasteiger partial charge is 0.304 e. The van der Waals surface area contributed by atoms with E-state index in [0.717, 1.165) is 37.8 Å². The van der Waals surface area contributed by atoms with Crippen LogP contribution in [0.3, 0.4) is 0 Å². The van der Waals surface area contributed by atoms with Crippen molar-refractivity contribution in [2.45, 2.75) is 56.5 Å². The van der Waals surface area contributed by atoms with Crippen LogP contribution in [0.25, 0.3) is 0 Å². The van der Waals surface area contributed by atoms with Gasteiger partial charge in [0.15, 0.2) is 0 Å². The average molecular weight is 672 g/mol. The molecule has 1 amide bonds. The number of hydrogen-bond donors (Lipinski definition) is 2. The Balaban J connectivity index is 1.46. The number of aliphatic hydroxyl groups is 1. The lowest BCUT2D eigenvalue weighted by molar-refractivity contribution is 0.0460. The summed E-state index contributed by atoms with van der Waals surface area (Å²) in [7, 11) is -2.62. The standard InChI is InChI=1S/C35H46ClN3O6S/c1-4-6-7-17-39(18-19-44-3)46(42,43)37-34(41)26-11-15-33-31(21-26)38(22-27-10-13-29(27)32(40)5-2)23-35(24-45-33)16-8-9-25-20-28(36)12-14-30(25)35/h4-5,11-12,14-15,20-21,27,29,32,40H,1-2,6-10,13,16-19,22-24H2,3H3,(H,37,41)/t27-,29+,32-,35-/m0/s1. The average Bonchev–Trinajstić information content (AvgIpc) is 3.17. The highest BCUT2D eigenvalue weighted by molar-refractivity contribution is 7.87. The molecule has 3 aliphatic rings. The van der Waals surface area contributed by atoms with Crippen LogP contribution in [0.4, 0.5) is 5.69 Å². The van der Waals surface area contributed by atoms with Gasteiger partial charge in [-0.05, 0) is 98.2 Å². The zero-order valence-electron chi connectivity index (χ0n) is 26.6. The third-order valence-corrected chi connectivity index (χ3v) is 11.6. The second kappa shape index (κ2) is 14.9. The number of aryl methyl sites for hydroxylation is 1.